The van der Waals surface area contributed by atoms with Crippen molar-refractivity contribution in [2.45, 2.75) is 32.7 Å². The van der Waals surface area contributed by atoms with Crippen LogP contribution in [0, 0.1) is 0 Å². The Hall–Kier alpha value is -1.11. The first-order valence-corrected chi connectivity index (χ1v) is 13.6. The lowest BCUT2D eigenvalue weighted by molar-refractivity contribution is 0.352. The Morgan fingerprint density at radius 1 is 0.850 bits per heavy atom. The number of fused-ring (bicyclic) bond motifs is 1. The zero-order valence-electron chi connectivity index (χ0n) is 13.1. The summed E-state index contributed by atoms with van der Waals surface area (Å²) < 4.78 is 12.3. The van der Waals surface area contributed by atoms with Crippen LogP contribution in [0.2, 0.25) is 32.7 Å². The van der Waals surface area contributed by atoms with Crippen molar-refractivity contribution < 1.29 is 8.85 Å². The molecule has 0 aliphatic heterocycles. The Labute approximate surface area is 124 Å². The van der Waals surface area contributed by atoms with Crippen LogP contribution in [0.3, 0.4) is 0 Å². The van der Waals surface area contributed by atoms with E-state index >= 15 is 0 Å². The van der Waals surface area contributed by atoms with Crippen LogP contribution in [-0.2, 0) is 4.12 Å². The molecule has 0 spiro atoms. The molecule has 0 heterocycles. The van der Waals surface area contributed by atoms with Crippen molar-refractivity contribution in [3.05, 3.63) is 42.5 Å². The maximum Gasteiger partial charge on any atom is 0.213 e. The van der Waals surface area contributed by atoms with Gasteiger partial charge in [-0.1, -0.05) is 30.3 Å². The summed E-state index contributed by atoms with van der Waals surface area (Å²) in [4.78, 5) is 0. The van der Waals surface area contributed by atoms with Crippen LogP contribution < -0.4 is 4.74 Å². The highest BCUT2D eigenvalue weighted by Crippen LogP contribution is 2.22. The van der Waals surface area contributed by atoms with Crippen LogP contribution in [0.1, 0.15) is 0 Å². The second-order valence-corrected chi connectivity index (χ2v) is 15.6. The maximum absolute atomic E-state index is 6.29. The zero-order chi connectivity index (χ0) is 14.8. The molecule has 2 aromatic rings. The second kappa shape index (κ2) is 5.71. The summed E-state index contributed by atoms with van der Waals surface area (Å²) >= 11 is 0. The first-order valence-electron chi connectivity index (χ1n) is 7.07. The van der Waals surface area contributed by atoms with Crippen LogP contribution in [0.5, 0.6) is 5.75 Å². The number of rotatable bonds is 5. The minimum absolute atomic E-state index is 0.704. The predicted octanol–water partition coefficient (Wildman–Crippen LogP) is 4.81. The molecule has 20 heavy (non-hydrogen) atoms. The average molecular weight is 305 g/mol. The van der Waals surface area contributed by atoms with Gasteiger partial charge in [0.2, 0.25) is 8.32 Å². The summed E-state index contributed by atoms with van der Waals surface area (Å²) in [6.07, 6.45) is 0.704. The summed E-state index contributed by atoms with van der Waals surface area (Å²) in [7, 11) is -3.24. The molecule has 0 radical (unpaired) electrons. The lowest BCUT2D eigenvalue weighted by Gasteiger charge is -2.31. The number of ether oxygens (including phenoxy) is 1. The fraction of sp³-hybridized carbons (Fsp3) is 0.375. The minimum atomic E-state index is -1.75. The third-order valence-corrected chi connectivity index (χ3v) is 8.39. The van der Waals surface area contributed by atoms with E-state index in [4.69, 9.17) is 8.85 Å². The first kappa shape index (κ1) is 15.3. The Kier molecular flexibility index (Phi) is 4.37. The van der Waals surface area contributed by atoms with E-state index in [1.165, 1.54) is 10.8 Å². The summed E-state index contributed by atoms with van der Waals surface area (Å²) in [5.41, 5.74) is 0. The highest BCUT2D eigenvalue weighted by molar-refractivity contribution is 6.84. The van der Waals surface area contributed by atoms with E-state index in [9.17, 15) is 0 Å². The van der Waals surface area contributed by atoms with E-state index in [1.807, 2.05) is 6.07 Å². The molecular weight excluding hydrogens is 280 g/mol. The number of benzene rings is 2. The molecule has 0 unspecified atom stereocenters. The van der Waals surface area contributed by atoms with Crippen LogP contribution in [0.4, 0.5) is 0 Å². The topological polar surface area (TPSA) is 18.5 Å². The molecular formula is C16H24O2Si2. The molecule has 2 nitrogen and oxygen atoms in total. The van der Waals surface area contributed by atoms with Crippen molar-refractivity contribution in [2.75, 3.05) is 6.23 Å². The normalized spacial score (nSPS) is 12.7. The van der Waals surface area contributed by atoms with E-state index in [1.54, 1.807) is 0 Å². The molecule has 2 aromatic carbocycles. The van der Waals surface area contributed by atoms with Gasteiger partial charge in [-0.2, -0.15) is 0 Å². The summed E-state index contributed by atoms with van der Waals surface area (Å²) in [5, 5.41) is 2.46. The van der Waals surface area contributed by atoms with Crippen molar-refractivity contribution in [1.82, 2.24) is 0 Å². The van der Waals surface area contributed by atoms with Crippen molar-refractivity contribution in [3.63, 3.8) is 0 Å². The second-order valence-electron chi connectivity index (χ2n) is 6.77. The molecule has 4 heteroatoms. The Bertz CT molecular complexity index is 588. The SMILES string of the molecule is C[Si](C)(C)O[Si](C)(C)COc1ccc2ccccc2c1. The fourth-order valence-corrected chi connectivity index (χ4v) is 9.75. The van der Waals surface area contributed by atoms with Crippen LogP contribution >= 0.6 is 0 Å². The predicted molar refractivity (Wildman–Crippen MR) is 91.4 cm³/mol. The van der Waals surface area contributed by atoms with Gasteiger partial charge in [0.05, 0.1) is 0 Å². The third kappa shape index (κ3) is 4.47. The van der Waals surface area contributed by atoms with E-state index in [-0.39, 0.29) is 0 Å². The van der Waals surface area contributed by atoms with Crippen molar-refractivity contribution in [2.24, 2.45) is 0 Å². The fourth-order valence-electron chi connectivity index (χ4n) is 2.37. The molecule has 0 fully saturated rings. The molecule has 108 valence electrons. The van der Waals surface area contributed by atoms with Crippen LogP contribution in [0.25, 0.3) is 10.8 Å². The van der Waals surface area contributed by atoms with Gasteiger partial charge in [0.1, 0.15) is 12.0 Å². The van der Waals surface area contributed by atoms with E-state index < -0.39 is 16.6 Å². The summed E-state index contributed by atoms with van der Waals surface area (Å²) in [5.74, 6) is 0.934. The highest BCUT2D eigenvalue weighted by atomic mass is 28.4. The lowest BCUT2D eigenvalue weighted by Crippen LogP contribution is -2.46. The first-order chi connectivity index (χ1) is 9.25. The highest BCUT2D eigenvalue weighted by Gasteiger charge is 2.30. The van der Waals surface area contributed by atoms with Crippen molar-refractivity contribution >= 4 is 27.4 Å². The molecule has 0 aromatic heterocycles. The summed E-state index contributed by atoms with van der Waals surface area (Å²) in [6.45, 7) is 11.2. The average Bonchev–Trinajstić information content (AvgIpc) is 2.33. The van der Waals surface area contributed by atoms with Gasteiger partial charge in [-0.25, -0.2) is 0 Å². The van der Waals surface area contributed by atoms with Crippen molar-refractivity contribution in [3.8, 4) is 5.75 Å². The van der Waals surface area contributed by atoms with Crippen LogP contribution in [-0.4, -0.2) is 22.9 Å². The molecule has 0 amide bonds. The smallest absolute Gasteiger partial charge is 0.213 e. The minimum Gasteiger partial charge on any atom is -0.494 e. The van der Waals surface area contributed by atoms with Gasteiger partial charge < -0.3 is 8.85 Å². The quantitative estimate of drug-likeness (QED) is 0.738. The molecule has 0 saturated carbocycles. The van der Waals surface area contributed by atoms with Gasteiger partial charge in [-0.15, -0.1) is 0 Å². The van der Waals surface area contributed by atoms with Gasteiger partial charge in [0.25, 0.3) is 0 Å². The Morgan fingerprint density at radius 2 is 1.50 bits per heavy atom. The molecule has 0 atom stereocenters. The van der Waals surface area contributed by atoms with E-state index in [0.29, 0.717) is 6.23 Å². The summed E-state index contributed by atoms with van der Waals surface area (Å²) in [6, 6.07) is 14.6. The maximum atomic E-state index is 6.29. The van der Waals surface area contributed by atoms with E-state index in [0.717, 1.165) is 5.75 Å². The number of hydrogen-bond donors (Lipinski definition) is 0. The molecule has 0 bridgehead atoms. The van der Waals surface area contributed by atoms with Gasteiger partial charge >= 0.3 is 0 Å². The molecule has 0 N–H and O–H groups in total. The monoisotopic (exact) mass is 304 g/mol. The van der Waals surface area contributed by atoms with Gasteiger partial charge in [0.15, 0.2) is 8.32 Å². The molecule has 2 rings (SSSR count). The zero-order valence-corrected chi connectivity index (χ0v) is 15.1. The molecule has 0 aliphatic carbocycles. The van der Waals surface area contributed by atoms with Gasteiger partial charge in [-0.05, 0) is 55.6 Å². The van der Waals surface area contributed by atoms with Gasteiger partial charge in [-0.3, -0.25) is 0 Å². The lowest BCUT2D eigenvalue weighted by atomic mass is 10.1. The van der Waals surface area contributed by atoms with Gasteiger partial charge in [0, 0.05) is 0 Å². The Balaban J connectivity index is 2.05. The Morgan fingerprint density at radius 3 is 2.15 bits per heavy atom. The van der Waals surface area contributed by atoms with E-state index in [2.05, 4.69) is 69.1 Å². The van der Waals surface area contributed by atoms with Crippen LogP contribution in [0.15, 0.2) is 42.5 Å². The standard InChI is InChI=1S/C16H24O2Si2/c1-19(2,3)18-20(4,5)13-17-16-11-10-14-8-6-7-9-15(14)12-16/h6-12H,13H2,1-5H3. The molecule has 0 saturated heterocycles. The third-order valence-electron chi connectivity index (χ3n) is 2.89. The number of hydrogen-bond acceptors (Lipinski definition) is 2. The largest absolute Gasteiger partial charge is 0.494 e. The molecule has 0 aliphatic rings. The van der Waals surface area contributed by atoms with Crippen molar-refractivity contribution in [1.29, 1.82) is 0 Å².